The lowest BCUT2D eigenvalue weighted by Gasteiger charge is -2.08. The summed E-state index contributed by atoms with van der Waals surface area (Å²) in [6.07, 6.45) is 4.33. The van der Waals surface area contributed by atoms with Gasteiger partial charge in [0, 0.05) is 5.39 Å². The summed E-state index contributed by atoms with van der Waals surface area (Å²) in [5.74, 6) is 0. The van der Waals surface area contributed by atoms with E-state index in [1.54, 1.807) is 6.07 Å². The zero-order chi connectivity index (χ0) is 13.7. The minimum absolute atomic E-state index is 0.589. The van der Waals surface area contributed by atoms with Gasteiger partial charge in [-0.05, 0) is 29.9 Å². The van der Waals surface area contributed by atoms with Crippen molar-refractivity contribution in [3.8, 4) is 12.1 Å². The van der Waals surface area contributed by atoms with Gasteiger partial charge < -0.3 is 0 Å². The first-order valence-electron chi connectivity index (χ1n) is 6.66. The Morgan fingerprint density at radius 1 is 1.00 bits per heavy atom. The van der Waals surface area contributed by atoms with Crippen molar-refractivity contribution in [3.05, 3.63) is 47.0 Å². The van der Waals surface area contributed by atoms with Gasteiger partial charge in [0.2, 0.25) is 0 Å². The monoisotopic (exact) mass is 248 g/mol. The molecule has 0 amide bonds. The number of benzene rings is 2. The number of unbranched alkanes of at least 4 members (excludes halogenated alkanes) is 2. The van der Waals surface area contributed by atoms with E-state index in [4.69, 9.17) is 0 Å². The van der Waals surface area contributed by atoms with Crippen LogP contribution in [0.25, 0.3) is 10.8 Å². The number of aryl methyl sites for hydroxylation is 1. The number of nitrogens with zero attached hydrogens (tertiary/aromatic N) is 2. The van der Waals surface area contributed by atoms with Crippen LogP contribution in [0.1, 0.15) is 42.9 Å². The second-order valence-electron chi connectivity index (χ2n) is 4.68. The summed E-state index contributed by atoms with van der Waals surface area (Å²) in [7, 11) is 0. The van der Waals surface area contributed by atoms with Crippen molar-refractivity contribution in [1.82, 2.24) is 0 Å². The van der Waals surface area contributed by atoms with E-state index < -0.39 is 0 Å². The maximum absolute atomic E-state index is 9.43. The SMILES string of the molecule is CCCCCc1ccc2cccc(C#N)c2c1C#N. The van der Waals surface area contributed by atoms with E-state index in [0.29, 0.717) is 11.1 Å². The minimum atomic E-state index is 0.589. The number of hydrogen-bond donors (Lipinski definition) is 0. The van der Waals surface area contributed by atoms with Crippen molar-refractivity contribution < 1.29 is 0 Å². The molecular weight excluding hydrogens is 232 g/mol. The quantitative estimate of drug-likeness (QED) is 0.757. The van der Waals surface area contributed by atoms with Gasteiger partial charge in [-0.3, -0.25) is 0 Å². The zero-order valence-electron chi connectivity index (χ0n) is 11.1. The fourth-order valence-corrected chi connectivity index (χ4v) is 2.42. The van der Waals surface area contributed by atoms with Crippen molar-refractivity contribution in [2.75, 3.05) is 0 Å². The molecule has 0 heterocycles. The molecule has 2 aromatic carbocycles. The molecule has 0 bridgehead atoms. The number of nitriles is 2. The van der Waals surface area contributed by atoms with Gasteiger partial charge in [0.1, 0.15) is 6.07 Å². The molecule has 0 aromatic heterocycles. The molecule has 0 aliphatic carbocycles. The maximum atomic E-state index is 9.43. The van der Waals surface area contributed by atoms with Crippen LogP contribution in [0.4, 0.5) is 0 Å². The molecule has 0 fully saturated rings. The summed E-state index contributed by atoms with van der Waals surface area (Å²) in [4.78, 5) is 0. The smallest absolute Gasteiger partial charge is 0.100 e. The third-order valence-electron chi connectivity index (χ3n) is 3.41. The molecule has 0 aliphatic rings. The second kappa shape index (κ2) is 6.03. The van der Waals surface area contributed by atoms with Gasteiger partial charge in [0.25, 0.3) is 0 Å². The maximum Gasteiger partial charge on any atom is 0.100 e. The van der Waals surface area contributed by atoms with Crippen LogP contribution in [-0.4, -0.2) is 0 Å². The van der Waals surface area contributed by atoms with Crippen LogP contribution in [0, 0.1) is 22.7 Å². The fourth-order valence-electron chi connectivity index (χ4n) is 2.42. The lowest BCUT2D eigenvalue weighted by Crippen LogP contribution is -1.94. The van der Waals surface area contributed by atoms with Crippen molar-refractivity contribution in [2.45, 2.75) is 32.6 Å². The van der Waals surface area contributed by atoms with Gasteiger partial charge in [-0.1, -0.05) is 44.0 Å². The summed E-state index contributed by atoms with van der Waals surface area (Å²) in [6.45, 7) is 2.17. The standard InChI is InChI=1S/C17H16N2/c1-2-3-4-6-13-9-10-14-7-5-8-15(11-18)17(14)16(13)12-19/h5,7-10H,2-4,6H2,1H3. The van der Waals surface area contributed by atoms with Gasteiger partial charge in [-0.2, -0.15) is 10.5 Å². The van der Waals surface area contributed by atoms with Gasteiger partial charge in [-0.15, -0.1) is 0 Å². The Hall–Kier alpha value is -2.32. The van der Waals surface area contributed by atoms with Gasteiger partial charge >= 0.3 is 0 Å². The average Bonchev–Trinajstić information content (AvgIpc) is 2.46. The molecule has 0 spiro atoms. The molecule has 0 saturated heterocycles. The third kappa shape index (κ3) is 2.59. The van der Waals surface area contributed by atoms with E-state index in [-0.39, 0.29) is 0 Å². The van der Waals surface area contributed by atoms with Gasteiger partial charge in [-0.25, -0.2) is 0 Å². The van der Waals surface area contributed by atoms with Crippen LogP contribution in [0.3, 0.4) is 0 Å². The highest BCUT2D eigenvalue weighted by molar-refractivity contribution is 5.93. The number of rotatable bonds is 4. The molecule has 0 atom stereocenters. The molecule has 0 aliphatic heterocycles. The third-order valence-corrected chi connectivity index (χ3v) is 3.41. The van der Waals surface area contributed by atoms with Crippen LogP contribution in [0.15, 0.2) is 30.3 Å². The molecule has 0 radical (unpaired) electrons. The van der Waals surface area contributed by atoms with E-state index in [9.17, 15) is 10.5 Å². The van der Waals surface area contributed by atoms with E-state index in [1.165, 1.54) is 12.8 Å². The fraction of sp³-hybridized carbons (Fsp3) is 0.294. The molecule has 0 unspecified atom stereocenters. The second-order valence-corrected chi connectivity index (χ2v) is 4.68. The topological polar surface area (TPSA) is 47.6 Å². The lowest BCUT2D eigenvalue weighted by molar-refractivity contribution is 0.717. The van der Waals surface area contributed by atoms with Gasteiger partial charge in [0.05, 0.1) is 17.2 Å². The summed E-state index contributed by atoms with van der Waals surface area (Å²) >= 11 is 0. The predicted octanol–water partition coefficient (Wildman–Crippen LogP) is 4.32. The Morgan fingerprint density at radius 2 is 1.84 bits per heavy atom. The Labute approximate surface area is 113 Å². The summed E-state index contributed by atoms with van der Waals surface area (Å²) < 4.78 is 0. The van der Waals surface area contributed by atoms with E-state index in [0.717, 1.165) is 29.2 Å². The first-order valence-corrected chi connectivity index (χ1v) is 6.66. The highest BCUT2D eigenvalue weighted by atomic mass is 14.3. The Kier molecular flexibility index (Phi) is 4.16. The first kappa shape index (κ1) is 13.1. The molecular formula is C17H16N2. The highest BCUT2D eigenvalue weighted by Crippen LogP contribution is 2.26. The number of fused-ring (bicyclic) bond motifs is 1. The Bertz CT molecular complexity index is 672. The van der Waals surface area contributed by atoms with Crippen LogP contribution in [0.2, 0.25) is 0 Å². The Morgan fingerprint density at radius 3 is 2.53 bits per heavy atom. The molecule has 2 nitrogen and oxygen atoms in total. The van der Waals surface area contributed by atoms with E-state index >= 15 is 0 Å². The van der Waals surface area contributed by atoms with Gasteiger partial charge in [0.15, 0.2) is 0 Å². The molecule has 94 valence electrons. The minimum Gasteiger partial charge on any atom is -0.192 e. The predicted molar refractivity (Wildman–Crippen MR) is 76.6 cm³/mol. The summed E-state index contributed by atoms with van der Waals surface area (Å²) in [5.41, 5.74) is 2.32. The number of hydrogen-bond acceptors (Lipinski definition) is 2. The van der Waals surface area contributed by atoms with Crippen LogP contribution >= 0.6 is 0 Å². The summed E-state index contributed by atoms with van der Waals surface area (Å²) in [5, 5.41) is 20.4. The van der Waals surface area contributed by atoms with E-state index in [1.807, 2.05) is 24.3 Å². The zero-order valence-corrected chi connectivity index (χ0v) is 11.1. The van der Waals surface area contributed by atoms with Crippen molar-refractivity contribution >= 4 is 10.8 Å². The highest BCUT2D eigenvalue weighted by Gasteiger charge is 2.10. The van der Waals surface area contributed by atoms with Crippen LogP contribution in [-0.2, 0) is 6.42 Å². The average molecular weight is 248 g/mol. The molecule has 2 rings (SSSR count). The molecule has 0 saturated carbocycles. The Balaban J connectivity index is 2.56. The summed E-state index contributed by atoms with van der Waals surface area (Å²) in [6, 6.07) is 14.1. The van der Waals surface area contributed by atoms with Crippen LogP contribution < -0.4 is 0 Å². The normalized spacial score (nSPS) is 10.1. The first-order chi connectivity index (χ1) is 9.31. The largest absolute Gasteiger partial charge is 0.192 e. The van der Waals surface area contributed by atoms with Crippen molar-refractivity contribution in [3.63, 3.8) is 0 Å². The molecule has 2 heteroatoms. The van der Waals surface area contributed by atoms with Crippen molar-refractivity contribution in [1.29, 1.82) is 10.5 Å². The van der Waals surface area contributed by atoms with Crippen molar-refractivity contribution in [2.24, 2.45) is 0 Å². The molecule has 2 aromatic rings. The lowest BCUT2D eigenvalue weighted by atomic mass is 9.93. The van der Waals surface area contributed by atoms with Crippen LogP contribution in [0.5, 0.6) is 0 Å². The molecule has 0 N–H and O–H groups in total. The molecule has 19 heavy (non-hydrogen) atoms. The van der Waals surface area contributed by atoms with E-state index in [2.05, 4.69) is 19.1 Å².